The molecule has 0 N–H and O–H groups in total. The highest BCUT2D eigenvalue weighted by atomic mass is 32.1. The molecule has 100 valence electrons. The minimum Gasteiger partial charge on any atom is -0.464 e. The molecule has 0 bridgehead atoms. The molecule has 4 nitrogen and oxygen atoms in total. The number of esters is 1. The smallest absolute Gasteiger partial charge is 0.357 e. The van der Waals surface area contributed by atoms with Crippen molar-refractivity contribution in [1.29, 1.82) is 0 Å². The Morgan fingerprint density at radius 2 is 2.37 bits per heavy atom. The lowest BCUT2D eigenvalue weighted by Gasteiger charge is -2.20. The van der Waals surface area contributed by atoms with Crippen LogP contribution in [0.3, 0.4) is 0 Å². The van der Waals surface area contributed by atoms with Crippen molar-refractivity contribution in [2.24, 2.45) is 0 Å². The van der Waals surface area contributed by atoms with Gasteiger partial charge >= 0.3 is 5.97 Å². The van der Waals surface area contributed by atoms with Crippen molar-refractivity contribution in [3.8, 4) is 0 Å². The van der Waals surface area contributed by atoms with Crippen LogP contribution >= 0.6 is 22.7 Å². The van der Waals surface area contributed by atoms with Crippen LogP contribution in [0.15, 0.2) is 22.9 Å². The maximum atomic E-state index is 11.5. The molecule has 1 aliphatic rings. The zero-order valence-electron chi connectivity index (χ0n) is 10.5. The summed E-state index contributed by atoms with van der Waals surface area (Å²) in [6.45, 7) is 0.871. The van der Waals surface area contributed by atoms with Crippen LogP contribution < -0.4 is 4.90 Å². The van der Waals surface area contributed by atoms with Gasteiger partial charge in [0.05, 0.1) is 13.7 Å². The van der Waals surface area contributed by atoms with Gasteiger partial charge in [0.15, 0.2) is 10.8 Å². The van der Waals surface area contributed by atoms with Gasteiger partial charge in [0.2, 0.25) is 0 Å². The topological polar surface area (TPSA) is 42.4 Å². The second-order valence-electron chi connectivity index (χ2n) is 4.45. The molecule has 2 heterocycles. The number of aromatic nitrogens is 1. The molecular formula is C13H14N2O2S2. The molecule has 0 radical (unpaired) electrons. The zero-order chi connectivity index (χ0) is 13.2. The van der Waals surface area contributed by atoms with Crippen molar-refractivity contribution < 1.29 is 9.53 Å². The van der Waals surface area contributed by atoms with Crippen LogP contribution in [0.2, 0.25) is 0 Å². The summed E-state index contributed by atoms with van der Waals surface area (Å²) in [5.74, 6) is -0.366. The summed E-state index contributed by atoms with van der Waals surface area (Å²) in [4.78, 5) is 19.5. The number of thiophene rings is 1. The number of carbonyl (C=O) groups excluding carboxylic acids is 1. The molecule has 0 unspecified atom stereocenters. The van der Waals surface area contributed by atoms with Crippen LogP contribution in [0.4, 0.5) is 5.13 Å². The van der Waals surface area contributed by atoms with Gasteiger partial charge in [-0.2, -0.15) is 0 Å². The van der Waals surface area contributed by atoms with Gasteiger partial charge < -0.3 is 9.64 Å². The molecule has 3 rings (SSSR count). The van der Waals surface area contributed by atoms with E-state index in [1.807, 2.05) is 0 Å². The van der Waals surface area contributed by atoms with Crippen LogP contribution in [0.25, 0.3) is 0 Å². The van der Waals surface area contributed by atoms with E-state index in [1.54, 1.807) is 16.7 Å². The molecule has 0 spiro atoms. The van der Waals surface area contributed by atoms with Crippen molar-refractivity contribution in [3.05, 3.63) is 33.5 Å². The molecule has 0 aliphatic heterocycles. The van der Waals surface area contributed by atoms with E-state index in [0.717, 1.165) is 11.7 Å². The molecule has 0 amide bonds. The molecule has 0 saturated heterocycles. The van der Waals surface area contributed by atoms with Gasteiger partial charge in [-0.05, 0) is 24.3 Å². The number of thiazole rings is 1. The van der Waals surface area contributed by atoms with Gasteiger partial charge in [0, 0.05) is 16.3 Å². The van der Waals surface area contributed by atoms with Crippen molar-refractivity contribution in [3.63, 3.8) is 0 Å². The SMILES string of the molecule is COC(=O)c1csc(N(Cc2cccs2)C2CC2)n1. The maximum Gasteiger partial charge on any atom is 0.357 e. The third-order valence-corrected chi connectivity index (χ3v) is 4.77. The number of hydrogen-bond acceptors (Lipinski definition) is 6. The Hall–Kier alpha value is -1.40. The zero-order valence-corrected chi connectivity index (χ0v) is 12.2. The molecule has 0 aromatic carbocycles. The van der Waals surface area contributed by atoms with Gasteiger partial charge in [0.1, 0.15) is 0 Å². The van der Waals surface area contributed by atoms with E-state index in [0.29, 0.717) is 11.7 Å². The van der Waals surface area contributed by atoms with Crippen molar-refractivity contribution in [2.45, 2.75) is 25.4 Å². The molecule has 2 aromatic rings. The minimum absolute atomic E-state index is 0.366. The Balaban J connectivity index is 1.80. The number of ether oxygens (including phenoxy) is 1. The fraction of sp³-hybridized carbons (Fsp3) is 0.385. The lowest BCUT2D eigenvalue weighted by molar-refractivity contribution is 0.0595. The second-order valence-corrected chi connectivity index (χ2v) is 6.31. The van der Waals surface area contributed by atoms with Crippen LogP contribution in [0, 0.1) is 0 Å². The number of methoxy groups -OCH3 is 1. The summed E-state index contributed by atoms with van der Waals surface area (Å²) >= 11 is 3.26. The number of anilines is 1. The van der Waals surface area contributed by atoms with Gasteiger partial charge in [-0.3, -0.25) is 0 Å². The highest BCUT2D eigenvalue weighted by Gasteiger charge is 2.31. The summed E-state index contributed by atoms with van der Waals surface area (Å²) in [5.41, 5.74) is 0.402. The predicted octanol–water partition coefficient (Wildman–Crippen LogP) is 3.16. The molecule has 0 atom stereocenters. The Morgan fingerprint density at radius 3 is 3.00 bits per heavy atom. The largest absolute Gasteiger partial charge is 0.464 e. The van der Waals surface area contributed by atoms with Crippen molar-refractivity contribution in [2.75, 3.05) is 12.0 Å². The monoisotopic (exact) mass is 294 g/mol. The molecule has 6 heteroatoms. The first kappa shape index (κ1) is 12.6. The summed E-state index contributed by atoms with van der Waals surface area (Å²) in [5, 5.41) is 4.77. The third kappa shape index (κ3) is 2.79. The molecular weight excluding hydrogens is 280 g/mol. The predicted molar refractivity (Wildman–Crippen MR) is 77.0 cm³/mol. The van der Waals surface area contributed by atoms with Crippen LogP contribution in [0.5, 0.6) is 0 Å². The Kier molecular flexibility index (Phi) is 3.52. The first-order valence-corrected chi connectivity index (χ1v) is 7.86. The second kappa shape index (κ2) is 5.30. The van der Waals surface area contributed by atoms with Crippen LogP contribution in [-0.2, 0) is 11.3 Å². The van der Waals surface area contributed by atoms with Gasteiger partial charge in [0.25, 0.3) is 0 Å². The number of nitrogens with zero attached hydrogens (tertiary/aromatic N) is 2. The molecule has 1 fully saturated rings. The van der Waals surface area contributed by atoms with E-state index in [4.69, 9.17) is 4.74 Å². The van der Waals surface area contributed by atoms with Crippen molar-refractivity contribution in [1.82, 2.24) is 4.98 Å². The fourth-order valence-corrected chi connectivity index (χ4v) is 3.47. The average Bonchev–Trinajstić information content (AvgIpc) is 2.94. The van der Waals surface area contributed by atoms with Crippen LogP contribution in [0.1, 0.15) is 28.2 Å². The molecule has 1 saturated carbocycles. The molecule has 1 aliphatic carbocycles. The minimum atomic E-state index is -0.366. The summed E-state index contributed by atoms with van der Waals surface area (Å²) in [6.07, 6.45) is 2.41. The van der Waals surface area contributed by atoms with Crippen molar-refractivity contribution >= 4 is 33.8 Å². The lowest BCUT2D eigenvalue weighted by atomic mass is 10.4. The van der Waals surface area contributed by atoms with E-state index in [-0.39, 0.29) is 5.97 Å². The third-order valence-electron chi connectivity index (χ3n) is 3.03. The van der Waals surface area contributed by atoms with E-state index in [1.165, 1.54) is 36.2 Å². The summed E-state index contributed by atoms with van der Waals surface area (Å²) in [7, 11) is 1.38. The first-order chi connectivity index (χ1) is 9.28. The van der Waals surface area contributed by atoms with E-state index >= 15 is 0 Å². The molecule has 2 aromatic heterocycles. The number of carbonyl (C=O) groups is 1. The Bertz CT molecular complexity index is 561. The molecule has 19 heavy (non-hydrogen) atoms. The maximum absolute atomic E-state index is 11.5. The van der Waals surface area contributed by atoms with Gasteiger partial charge in [-0.1, -0.05) is 6.07 Å². The number of hydrogen-bond donors (Lipinski definition) is 0. The van der Waals surface area contributed by atoms with E-state index in [2.05, 4.69) is 27.4 Å². The first-order valence-electron chi connectivity index (χ1n) is 6.11. The quantitative estimate of drug-likeness (QED) is 0.794. The normalized spacial score (nSPS) is 14.4. The Morgan fingerprint density at radius 1 is 1.53 bits per heavy atom. The highest BCUT2D eigenvalue weighted by Crippen LogP contribution is 2.35. The lowest BCUT2D eigenvalue weighted by Crippen LogP contribution is -2.24. The highest BCUT2D eigenvalue weighted by molar-refractivity contribution is 7.14. The fourth-order valence-electron chi connectivity index (χ4n) is 1.90. The van der Waals surface area contributed by atoms with E-state index in [9.17, 15) is 4.79 Å². The van der Waals surface area contributed by atoms with Gasteiger partial charge in [-0.15, -0.1) is 22.7 Å². The van der Waals surface area contributed by atoms with Crippen LogP contribution in [-0.4, -0.2) is 24.1 Å². The number of rotatable bonds is 5. The average molecular weight is 294 g/mol. The summed E-state index contributed by atoms with van der Waals surface area (Å²) in [6, 6.07) is 4.76. The van der Waals surface area contributed by atoms with E-state index < -0.39 is 0 Å². The standard InChI is InChI=1S/C13H14N2O2S2/c1-17-12(16)11-8-19-13(14-11)15(9-4-5-9)7-10-3-2-6-18-10/h2-3,6,8-9H,4-5,7H2,1H3. The summed E-state index contributed by atoms with van der Waals surface area (Å²) < 4.78 is 4.70. The Labute approximate surface area is 119 Å². The van der Waals surface area contributed by atoms with Gasteiger partial charge in [-0.25, -0.2) is 9.78 Å².